The van der Waals surface area contributed by atoms with Gasteiger partial charge in [-0.3, -0.25) is 0 Å². The van der Waals surface area contributed by atoms with E-state index < -0.39 is 6.10 Å². The Morgan fingerprint density at radius 1 is 1.32 bits per heavy atom. The van der Waals surface area contributed by atoms with E-state index in [1.54, 1.807) is 0 Å². The molecule has 0 amide bonds. The lowest BCUT2D eigenvalue weighted by Gasteiger charge is -2.35. The van der Waals surface area contributed by atoms with Gasteiger partial charge in [0, 0.05) is 12.0 Å². The summed E-state index contributed by atoms with van der Waals surface area (Å²) in [6.07, 6.45) is 2.83. The molecule has 3 N–H and O–H groups in total. The van der Waals surface area contributed by atoms with Crippen molar-refractivity contribution in [3.05, 3.63) is 34.4 Å². The number of rotatable bonds is 3. The summed E-state index contributed by atoms with van der Waals surface area (Å²) in [5.74, 6) is 0.671. The minimum atomic E-state index is -0.428. The third-order valence-corrected chi connectivity index (χ3v) is 4.89. The van der Waals surface area contributed by atoms with Crippen molar-refractivity contribution in [2.45, 2.75) is 53.1 Å². The summed E-state index contributed by atoms with van der Waals surface area (Å²) in [6, 6.07) is 4.32. The molecule has 1 aromatic rings. The van der Waals surface area contributed by atoms with Crippen molar-refractivity contribution >= 4 is 0 Å². The third kappa shape index (κ3) is 2.56. The molecule has 0 spiro atoms. The van der Waals surface area contributed by atoms with Gasteiger partial charge in [-0.1, -0.05) is 31.0 Å². The monoisotopic (exact) mass is 261 g/mol. The average molecular weight is 261 g/mol. The van der Waals surface area contributed by atoms with E-state index in [-0.39, 0.29) is 5.41 Å². The Balaban J connectivity index is 2.41. The molecule has 1 saturated carbocycles. The normalized spacial score (nSPS) is 28.6. The minimum absolute atomic E-state index is 0.121. The molecule has 0 bridgehead atoms. The van der Waals surface area contributed by atoms with E-state index in [2.05, 4.69) is 39.8 Å². The first-order valence-electron chi connectivity index (χ1n) is 7.35. The molecule has 0 radical (unpaired) electrons. The van der Waals surface area contributed by atoms with Crippen molar-refractivity contribution in [3.8, 4) is 0 Å². The first kappa shape index (κ1) is 14.5. The van der Waals surface area contributed by atoms with Crippen molar-refractivity contribution < 1.29 is 5.11 Å². The van der Waals surface area contributed by atoms with E-state index in [0.29, 0.717) is 12.5 Å². The minimum Gasteiger partial charge on any atom is -0.388 e. The van der Waals surface area contributed by atoms with Crippen LogP contribution in [0.25, 0.3) is 0 Å². The number of aliphatic hydroxyl groups excluding tert-OH is 1. The molecular formula is C17H27NO. The summed E-state index contributed by atoms with van der Waals surface area (Å²) < 4.78 is 0. The topological polar surface area (TPSA) is 46.2 Å². The van der Waals surface area contributed by atoms with Crippen LogP contribution in [0.4, 0.5) is 0 Å². The fourth-order valence-electron chi connectivity index (χ4n) is 3.91. The fraction of sp³-hybridized carbons (Fsp3) is 0.647. The summed E-state index contributed by atoms with van der Waals surface area (Å²) >= 11 is 0. The molecule has 106 valence electrons. The zero-order chi connectivity index (χ0) is 14.2. The van der Waals surface area contributed by atoms with E-state index in [1.165, 1.54) is 23.1 Å². The Labute approximate surface area is 117 Å². The predicted octanol–water partition coefficient (Wildman–Crippen LogP) is 3.41. The lowest BCUT2D eigenvalue weighted by molar-refractivity contribution is 0.0298. The second kappa shape index (κ2) is 5.26. The van der Waals surface area contributed by atoms with Gasteiger partial charge in [0.15, 0.2) is 0 Å². The van der Waals surface area contributed by atoms with Gasteiger partial charge in [-0.05, 0) is 56.2 Å². The molecule has 2 heteroatoms. The van der Waals surface area contributed by atoms with Gasteiger partial charge in [0.2, 0.25) is 0 Å². The van der Waals surface area contributed by atoms with Gasteiger partial charge in [0.05, 0.1) is 6.10 Å². The number of benzene rings is 1. The van der Waals surface area contributed by atoms with Crippen molar-refractivity contribution in [1.29, 1.82) is 0 Å². The summed E-state index contributed by atoms with van der Waals surface area (Å²) in [6.45, 7) is 9.14. The SMILES string of the molecule is Cc1cc(C)c(C(O)C2(CN)CCC(C)C2)c(C)c1. The quantitative estimate of drug-likeness (QED) is 0.876. The molecule has 2 rings (SSSR count). The molecule has 1 fully saturated rings. The van der Waals surface area contributed by atoms with Gasteiger partial charge in [-0.25, -0.2) is 0 Å². The van der Waals surface area contributed by atoms with Gasteiger partial charge in [-0.15, -0.1) is 0 Å². The maximum absolute atomic E-state index is 11.0. The highest BCUT2D eigenvalue weighted by Crippen LogP contribution is 2.50. The molecule has 19 heavy (non-hydrogen) atoms. The average Bonchev–Trinajstić information content (AvgIpc) is 2.70. The smallest absolute Gasteiger partial charge is 0.0863 e. The number of hydrogen-bond acceptors (Lipinski definition) is 2. The Kier molecular flexibility index (Phi) is 4.03. The fourth-order valence-corrected chi connectivity index (χ4v) is 3.91. The molecule has 3 atom stereocenters. The molecule has 0 aliphatic heterocycles. The summed E-state index contributed by atoms with van der Waals surface area (Å²) in [7, 11) is 0. The number of aliphatic hydroxyl groups is 1. The van der Waals surface area contributed by atoms with E-state index in [4.69, 9.17) is 5.73 Å². The Hall–Kier alpha value is -0.860. The summed E-state index contributed by atoms with van der Waals surface area (Å²) in [5, 5.41) is 11.0. The van der Waals surface area contributed by atoms with Crippen LogP contribution in [0.1, 0.15) is 54.5 Å². The highest BCUT2D eigenvalue weighted by molar-refractivity contribution is 5.40. The summed E-state index contributed by atoms with van der Waals surface area (Å²) in [5.41, 5.74) is 10.7. The largest absolute Gasteiger partial charge is 0.388 e. The Bertz CT molecular complexity index is 445. The molecular weight excluding hydrogens is 234 g/mol. The molecule has 0 heterocycles. The molecule has 0 saturated heterocycles. The molecule has 2 nitrogen and oxygen atoms in total. The van der Waals surface area contributed by atoms with Crippen molar-refractivity contribution in [2.24, 2.45) is 17.1 Å². The van der Waals surface area contributed by atoms with Crippen LogP contribution < -0.4 is 5.73 Å². The molecule has 1 aromatic carbocycles. The zero-order valence-electron chi connectivity index (χ0n) is 12.7. The first-order chi connectivity index (χ1) is 8.89. The van der Waals surface area contributed by atoms with Crippen molar-refractivity contribution in [2.75, 3.05) is 6.54 Å². The standard InChI is InChI=1S/C17H27NO/c1-11-5-6-17(9-11,10-18)16(19)15-13(3)7-12(2)8-14(15)4/h7-8,11,16,19H,5-6,9-10,18H2,1-4H3. The van der Waals surface area contributed by atoms with E-state index in [9.17, 15) is 5.11 Å². The maximum atomic E-state index is 11.0. The lowest BCUT2D eigenvalue weighted by atomic mass is 9.74. The summed E-state index contributed by atoms with van der Waals surface area (Å²) in [4.78, 5) is 0. The Morgan fingerprint density at radius 3 is 2.32 bits per heavy atom. The number of hydrogen-bond donors (Lipinski definition) is 2. The van der Waals surface area contributed by atoms with Crippen molar-refractivity contribution in [3.63, 3.8) is 0 Å². The van der Waals surface area contributed by atoms with Crippen LogP contribution in [0, 0.1) is 32.1 Å². The van der Waals surface area contributed by atoms with Gasteiger partial charge in [0.25, 0.3) is 0 Å². The Morgan fingerprint density at radius 2 is 1.89 bits per heavy atom. The second-order valence-electron chi connectivity index (χ2n) is 6.63. The van der Waals surface area contributed by atoms with Gasteiger partial charge < -0.3 is 10.8 Å². The lowest BCUT2D eigenvalue weighted by Crippen LogP contribution is -2.35. The molecule has 1 aliphatic carbocycles. The van der Waals surface area contributed by atoms with Gasteiger partial charge in [-0.2, -0.15) is 0 Å². The predicted molar refractivity (Wildman–Crippen MR) is 80.1 cm³/mol. The molecule has 0 aromatic heterocycles. The van der Waals surface area contributed by atoms with Crippen LogP contribution in [-0.4, -0.2) is 11.7 Å². The molecule has 3 unspecified atom stereocenters. The van der Waals surface area contributed by atoms with E-state index in [0.717, 1.165) is 18.4 Å². The number of aryl methyl sites for hydroxylation is 3. The van der Waals surface area contributed by atoms with Crippen LogP contribution in [0.5, 0.6) is 0 Å². The molecule has 1 aliphatic rings. The third-order valence-electron chi connectivity index (χ3n) is 4.89. The maximum Gasteiger partial charge on any atom is 0.0863 e. The van der Waals surface area contributed by atoms with Crippen LogP contribution in [0.15, 0.2) is 12.1 Å². The van der Waals surface area contributed by atoms with Crippen molar-refractivity contribution in [1.82, 2.24) is 0 Å². The first-order valence-corrected chi connectivity index (χ1v) is 7.35. The second-order valence-corrected chi connectivity index (χ2v) is 6.63. The van der Waals surface area contributed by atoms with Crippen LogP contribution in [0.2, 0.25) is 0 Å². The highest BCUT2D eigenvalue weighted by atomic mass is 16.3. The zero-order valence-corrected chi connectivity index (χ0v) is 12.7. The van der Waals surface area contributed by atoms with Crippen LogP contribution >= 0.6 is 0 Å². The highest BCUT2D eigenvalue weighted by Gasteiger charge is 2.43. The van der Waals surface area contributed by atoms with E-state index >= 15 is 0 Å². The number of nitrogens with two attached hydrogens (primary N) is 1. The van der Waals surface area contributed by atoms with Crippen LogP contribution in [-0.2, 0) is 0 Å². The van der Waals surface area contributed by atoms with Gasteiger partial charge in [0.1, 0.15) is 0 Å². The van der Waals surface area contributed by atoms with Crippen LogP contribution in [0.3, 0.4) is 0 Å². The van der Waals surface area contributed by atoms with E-state index in [1.807, 2.05) is 0 Å². The van der Waals surface area contributed by atoms with Gasteiger partial charge >= 0.3 is 0 Å².